The zero-order chi connectivity index (χ0) is 11.8. The maximum atomic E-state index is 5.73. The van der Waals surface area contributed by atoms with Crippen molar-refractivity contribution in [1.82, 2.24) is 0 Å². The molecule has 0 radical (unpaired) electrons. The summed E-state index contributed by atoms with van der Waals surface area (Å²) >= 11 is 1.96. The van der Waals surface area contributed by atoms with E-state index in [2.05, 4.69) is 26.0 Å². The van der Waals surface area contributed by atoms with Crippen LogP contribution in [0.4, 0.5) is 5.69 Å². The third-order valence-electron chi connectivity index (χ3n) is 2.70. The van der Waals surface area contributed by atoms with Gasteiger partial charge in [-0.25, -0.2) is 0 Å². The number of rotatable bonds is 7. The maximum absolute atomic E-state index is 5.73. The molecule has 1 nitrogen and oxygen atoms in total. The molecule has 0 aliphatic heterocycles. The molecule has 90 valence electrons. The number of nitrogen functional groups attached to an aromatic ring is 1. The molecule has 0 aliphatic rings. The van der Waals surface area contributed by atoms with Gasteiger partial charge in [-0.3, -0.25) is 0 Å². The molecule has 0 saturated heterocycles. The Morgan fingerprint density at radius 3 is 2.56 bits per heavy atom. The van der Waals surface area contributed by atoms with Gasteiger partial charge in [0, 0.05) is 10.6 Å². The van der Waals surface area contributed by atoms with Gasteiger partial charge in [0.1, 0.15) is 0 Å². The fourth-order valence-corrected chi connectivity index (χ4v) is 2.74. The molecule has 0 aromatic heterocycles. The van der Waals surface area contributed by atoms with Crippen molar-refractivity contribution < 1.29 is 0 Å². The lowest BCUT2D eigenvalue weighted by atomic mass is 10.2. The van der Waals surface area contributed by atoms with Crippen LogP contribution < -0.4 is 5.73 Å². The van der Waals surface area contributed by atoms with Crippen LogP contribution in [-0.4, -0.2) is 5.75 Å². The minimum Gasteiger partial charge on any atom is -0.399 e. The molecular formula is C14H23NS. The first-order chi connectivity index (χ1) is 7.74. The van der Waals surface area contributed by atoms with E-state index in [4.69, 9.17) is 5.73 Å². The van der Waals surface area contributed by atoms with Gasteiger partial charge in [-0.15, -0.1) is 11.8 Å². The standard InChI is InChI=1S/C14H23NS/c1-3-4-5-6-7-10-16-14-9-8-13(15)11-12(14)2/h8-9,11H,3-7,10,15H2,1-2H3. The Kier molecular flexibility index (Phi) is 6.39. The number of hydrogen-bond acceptors (Lipinski definition) is 2. The second-order valence-corrected chi connectivity index (χ2v) is 5.42. The van der Waals surface area contributed by atoms with Gasteiger partial charge in [-0.1, -0.05) is 32.6 Å². The van der Waals surface area contributed by atoms with Crippen LogP contribution in [0.3, 0.4) is 0 Å². The molecule has 0 amide bonds. The summed E-state index contributed by atoms with van der Waals surface area (Å²) in [7, 11) is 0. The van der Waals surface area contributed by atoms with Gasteiger partial charge in [-0.2, -0.15) is 0 Å². The quantitative estimate of drug-likeness (QED) is 0.425. The maximum Gasteiger partial charge on any atom is 0.0317 e. The molecule has 0 aliphatic carbocycles. The highest BCUT2D eigenvalue weighted by atomic mass is 32.2. The molecular weight excluding hydrogens is 214 g/mol. The highest BCUT2D eigenvalue weighted by Gasteiger charge is 1.99. The molecule has 16 heavy (non-hydrogen) atoms. The second-order valence-electron chi connectivity index (χ2n) is 4.29. The second kappa shape index (κ2) is 7.61. The van der Waals surface area contributed by atoms with Gasteiger partial charge < -0.3 is 5.73 Å². The molecule has 0 heterocycles. The molecule has 0 atom stereocenters. The monoisotopic (exact) mass is 237 g/mol. The summed E-state index contributed by atoms with van der Waals surface area (Å²) < 4.78 is 0. The number of anilines is 1. The number of nitrogens with two attached hydrogens (primary N) is 1. The Bertz CT molecular complexity index is 310. The molecule has 0 spiro atoms. The molecule has 2 N–H and O–H groups in total. The van der Waals surface area contributed by atoms with E-state index in [1.807, 2.05) is 17.8 Å². The van der Waals surface area contributed by atoms with Crippen LogP contribution in [0.15, 0.2) is 23.1 Å². The van der Waals surface area contributed by atoms with Crippen LogP contribution in [0, 0.1) is 6.92 Å². The van der Waals surface area contributed by atoms with Crippen molar-refractivity contribution in [1.29, 1.82) is 0 Å². The number of hydrogen-bond donors (Lipinski definition) is 1. The minimum atomic E-state index is 0.866. The van der Waals surface area contributed by atoms with Crippen LogP contribution in [0.1, 0.15) is 44.6 Å². The molecule has 1 aromatic carbocycles. The predicted octanol–water partition coefficient (Wildman–Crippen LogP) is 4.64. The van der Waals surface area contributed by atoms with Crippen molar-refractivity contribution in [3.05, 3.63) is 23.8 Å². The Labute approximate surface area is 104 Å². The molecule has 0 fully saturated rings. The lowest BCUT2D eigenvalue weighted by Gasteiger charge is -2.06. The summed E-state index contributed by atoms with van der Waals surface area (Å²) in [5, 5.41) is 0. The van der Waals surface area contributed by atoms with Crippen LogP contribution >= 0.6 is 11.8 Å². The summed E-state index contributed by atoms with van der Waals surface area (Å²) in [5.74, 6) is 1.23. The van der Waals surface area contributed by atoms with Crippen molar-refractivity contribution in [3.63, 3.8) is 0 Å². The Morgan fingerprint density at radius 2 is 1.88 bits per heavy atom. The number of unbranched alkanes of at least 4 members (excludes halogenated alkanes) is 4. The first kappa shape index (κ1) is 13.4. The van der Waals surface area contributed by atoms with E-state index in [0.29, 0.717) is 0 Å². The minimum absolute atomic E-state index is 0.866. The number of thioether (sulfide) groups is 1. The van der Waals surface area contributed by atoms with E-state index in [-0.39, 0.29) is 0 Å². The highest BCUT2D eigenvalue weighted by Crippen LogP contribution is 2.25. The third kappa shape index (κ3) is 4.93. The number of aryl methyl sites for hydroxylation is 1. The van der Waals surface area contributed by atoms with Crippen molar-refractivity contribution in [2.75, 3.05) is 11.5 Å². The van der Waals surface area contributed by atoms with Gasteiger partial charge >= 0.3 is 0 Å². The summed E-state index contributed by atoms with van der Waals surface area (Å²) in [4.78, 5) is 1.38. The Hall–Kier alpha value is -0.630. The summed E-state index contributed by atoms with van der Waals surface area (Å²) in [5.41, 5.74) is 7.90. The zero-order valence-corrected chi connectivity index (χ0v) is 11.3. The molecule has 0 saturated carbocycles. The first-order valence-corrected chi connectivity index (χ1v) is 7.21. The van der Waals surface area contributed by atoms with E-state index in [1.54, 1.807) is 0 Å². The van der Waals surface area contributed by atoms with Crippen molar-refractivity contribution in [3.8, 4) is 0 Å². The third-order valence-corrected chi connectivity index (χ3v) is 3.97. The van der Waals surface area contributed by atoms with E-state index in [1.165, 1.54) is 48.3 Å². The SMILES string of the molecule is CCCCCCCSc1ccc(N)cc1C. The molecule has 0 bridgehead atoms. The molecule has 2 heteroatoms. The van der Waals surface area contributed by atoms with Gasteiger partial charge in [0.15, 0.2) is 0 Å². The lowest BCUT2D eigenvalue weighted by Crippen LogP contribution is -1.88. The first-order valence-electron chi connectivity index (χ1n) is 6.23. The summed E-state index contributed by atoms with van der Waals surface area (Å²) in [6.45, 7) is 4.39. The van der Waals surface area contributed by atoms with Crippen molar-refractivity contribution in [2.24, 2.45) is 0 Å². The topological polar surface area (TPSA) is 26.0 Å². The largest absolute Gasteiger partial charge is 0.399 e. The van der Waals surface area contributed by atoms with Gasteiger partial charge in [0.05, 0.1) is 0 Å². The van der Waals surface area contributed by atoms with Crippen LogP contribution in [0.25, 0.3) is 0 Å². The fourth-order valence-electron chi connectivity index (χ4n) is 1.72. The van der Waals surface area contributed by atoms with E-state index < -0.39 is 0 Å². The number of benzene rings is 1. The fraction of sp³-hybridized carbons (Fsp3) is 0.571. The molecule has 1 aromatic rings. The highest BCUT2D eigenvalue weighted by molar-refractivity contribution is 7.99. The Morgan fingerprint density at radius 1 is 1.12 bits per heavy atom. The smallest absolute Gasteiger partial charge is 0.0317 e. The Balaban J connectivity index is 2.21. The van der Waals surface area contributed by atoms with Crippen LogP contribution in [0.2, 0.25) is 0 Å². The van der Waals surface area contributed by atoms with Gasteiger partial charge in [0.2, 0.25) is 0 Å². The van der Waals surface area contributed by atoms with Gasteiger partial charge in [0.25, 0.3) is 0 Å². The van der Waals surface area contributed by atoms with E-state index in [9.17, 15) is 0 Å². The normalized spacial score (nSPS) is 10.6. The van der Waals surface area contributed by atoms with Gasteiger partial charge in [-0.05, 0) is 42.9 Å². The average molecular weight is 237 g/mol. The van der Waals surface area contributed by atoms with Crippen molar-refractivity contribution in [2.45, 2.75) is 50.8 Å². The lowest BCUT2D eigenvalue weighted by molar-refractivity contribution is 0.659. The van der Waals surface area contributed by atoms with E-state index in [0.717, 1.165) is 5.69 Å². The van der Waals surface area contributed by atoms with Crippen molar-refractivity contribution >= 4 is 17.4 Å². The van der Waals surface area contributed by atoms with E-state index >= 15 is 0 Å². The average Bonchev–Trinajstić information content (AvgIpc) is 2.26. The van der Waals surface area contributed by atoms with Crippen LogP contribution in [0.5, 0.6) is 0 Å². The molecule has 0 unspecified atom stereocenters. The zero-order valence-electron chi connectivity index (χ0n) is 10.5. The molecule has 1 rings (SSSR count). The predicted molar refractivity (Wildman–Crippen MR) is 75.1 cm³/mol. The van der Waals surface area contributed by atoms with Crippen LogP contribution in [-0.2, 0) is 0 Å². The summed E-state index contributed by atoms with van der Waals surface area (Å²) in [6, 6.07) is 6.19. The summed E-state index contributed by atoms with van der Waals surface area (Å²) in [6.07, 6.45) is 6.79.